The van der Waals surface area contributed by atoms with E-state index in [9.17, 15) is 9.59 Å². The molecule has 0 N–H and O–H groups in total. The summed E-state index contributed by atoms with van der Waals surface area (Å²) in [6, 6.07) is 20.1. The predicted octanol–water partition coefficient (Wildman–Crippen LogP) is 5.65. The number of esters is 2. The molecule has 0 aliphatic carbocycles. The minimum Gasteiger partial charge on any atom is -0.423 e. The van der Waals surface area contributed by atoms with Gasteiger partial charge in [-0.2, -0.15) is 0 Å². The van der Waals surface area contributed by atoms with E-state index in [1.165, 1.54) is 6.07 Å². The van der Waals surface area contributed by atoms with Crippen LogP contribution in [0.2, 0.25) is 0 Å². The largest absolute Gasteiger partial charge is 0.423 e. The molecule has 0 aromatic heterocycles. The molecule has 0 atom stereocenters. The number of halogens is 2. The van der Waals surface area contributed by atoms with Crippen LogP contribution in [0.15, 0.2) is 81.7 Å². The van der Waals surface area contributed by atoms with Crippen LogP contribution in [0.4, 0.5) is 0 Å². The van der Waals surface area contributed by atoms with Crippen LogP contribution >= 0.6 is 31.9 Å². The first-order valence-electron chi connectivity index (χ1n) is 7.57. The number of carbonyl (C=O) groups is 2. The second kappa shape index (κ2) is 8.29. The molecule has 0 saturated carbocycles. The molecule has 0 unspecified atom stereocenters. The van der Waals surface area contributed by atoms with Crippen LogP contribution in [-0.2, 0) is 0 Å². The molecule has 0 heterocycles. The maximum absolute atomic E-state index is 12.2. The van der Waals surface area contributed by atoms with Gasteiger partial charge < -0.3 is 9.47 Å². The smallest absolute Gasteiger partial charge is 0.343 e. The minimum atomic E-state index is -0.498. The van der Waals surface area contributed by atoms with E-state index in [-0.39, 0.29) is 11.5 Å². The molecule has 0 bridgehead atoms. The Morgan fingerprint density at radius 3 is 1.46 bits per heavy atom. The highest BCUT2D eigenvalue weighted by Gasteiger charge is 2.12. The fourth-order valence-corrected chi connectivity index (χ4v) is 2.96. The molecular formula is C20H12Br2O4. The second-order valence-electron chi connectivity index (χ2n) is 5.27. The van der Waals surface area contributed by atoms with Crippen molar-refractivity contribution in [2.75, 3.05) is 0 Å². The molecule has 0 saturated heterocycles. The summed E-state index contributed by atoms with van der Waals surface area (Å²) in [7, 11) is 0. The standard InChI is InChI=1S/C20H12Br2O4/c21-15-6-1-4-13(10-15)19(23)25-17-8-3-9-18(12-17)26-20(24)14-5-2-7-16(22)11-14/h1-12H. The summed E-state index contributed by atoms with van der Waals surface area (Å²) in [5.41, 5.74) is 0.826. The Kier molecular flexibility index (Phi) is 5.85. The molecule has 130 valence electrons. The number of ether oxygens (including phenoxy) is 2. The van der Waals surface area contributed by atoms with Crippen molar-refractivity contribution < 1.29 is 19.1 Å². The number of benzene rings is 3. The summed E-state index contributed by atoms with van der Waals surface area (Å²) >= 11 is 6.63. The van der Waals surface area contributed by atoms with Gasteiger partial charge in [0.15, 0.2) is 0 Å². The summed E-state index contributed by atoms with van der Waals surface area (Å²) in [6.45, 7) is 0. The highest BCUT2D eigenvalue weighted by molar-refractivity contribution is 9.10. The molecule has 26 heavy (non-hydrogen) atoms. The Labute approximate surface area is 167 Å². The molecule has 3 aromatic carbocycles. The first-order valence-corrected chi connectivity index (χ1v) is 9.15. The molecule has 6 heteroatoms. The van der Waals surface area contributed by atoms with Crippen molar-refractivity contribution in [1.29, 1.82) is 0 Å². The fraction of sp³-hybridized carbons (Fsp3) is 0. The van der Waals surface area contributed by atoms with Crippen LogP contribution < -0.4 is 9.47 Å². The van der Waals surface area contributed by atoms with E-state index >= 15 is 0 Å². The Hall–Kier alpha value is -2.44. The molecular weight excluding hydrogens is 464 g/mol. The van der Waals surface area contributed by atoms with Gasteiger partial charge in [-0.25, -0.2) is 9.59 Å². The van der Waals surface area contributed by atoms with Crippen molar-refractivity contribution in [3.05, 3.63) is 92.9 Å². The maximum atomic E-state index is 12.2. The molecule has 0 fully saturated rings. The van der Waals surface area contributed by atoms with E-state index in [4.69, 9.17) is 9.47 Å². The van der Waals surface area contributed by atoms with E-state index in [2.05, 4.69) is 31.9 Å². The van der Waals surface area contributed by atoms with E-state index in [0.29, 0.717) is 11.1 Å². The summed E-state index contributed by atoms with van der Waals surface area (Å²) in [5, 5.41) is 0. The molecule has 3 rings (SSSR count). The Morgan fingerprint density at radius 1 is 0.615 bits per heavy atom. The zero-order valence-corrected chi connectivity index (χ0v) is 16.5. The molecule has 0 aliphatic rings. The van der Waals surface area contributed by atoms with Gasteiger partial charge in [-0.1, -0.05) is 50.1 Å². The van der Waals surface area contributed by atoms with Crippen LogP contribution in [0.3, 0.4) is 0 Å². The molecule has 0 radical (unpaired) electrons. The molecule has 0 spiro atoms. The average molecular weight is 476 g/mol. The van der Waals surface area contributed by atoms with E-state index in [1.54, 1.807) is 54.6 Å². The normalized spacial score (nSPS) is 10.2. The third-order valence-corrected chi connectivity index (χ3v) is 4.33. The Bertz CT molecular complexity index is 895. The molecule has 3 aromatic rings. The highest BCUT2D eigenvalue weighted by atomic mass is 79.9. The lowest BCUT2D eigenvalue weighted by Crippen LogP contribution is -2.10. The molecule has 0 aliphatic heterocycles. The third kappa shape index (κ3) is 4.80. The van der Waals surface area contributed by atoms with Gasteiger partial charge in [0.05, 0.1) is 11.1 Å². The molecule has 4 nitrogen and oxygen atoms in total. The quantitative estimate of drug-likeness (QED) is 0.361. The lowest BCUT2D eigenvalue weighted by Gasteiger charge is -2.08. The van der Waals surface area contributed by atoms with Crippen molar-refractivity contribution in [3.8, 4) is 11.5 Å². The topological polar surface area (TPSA) is 52.6 Å². The van der Waals surface area contributed by atoms with Gasteiger partial charge in [-0.3, -0.25) is 0 Å². The zero-order chi connectivity index (χ0) is 18.5. The second-order valence-corrected chi connectivity index (χ2v) is 7.11. The third-order valence-electron chi connectivity index (χ3n) is 3.35. The van der Waals surface area contributed by atoms with E-state index in [1.807, 2.05) is 12.1 Å². The van der Waals surface area contributed by atoms with Crippen molar-refractivity contribution in [2.45, 2.75) is 0 Å². The van der Waals surface area contributed by atoms with Gasteiger partial charge in [0.25, 0.3) is 0 Å². The number of rotatable bonds is 4. The van der Waals surface area contributed by atoms with Crippen LogP contribution in [0.5, 0.6) is 11.5 Å². The van der Waals surface area contributed by atoms with Crippen molar-refractivity contribution in [3.63, 3.8) is 0 Å². The monoisotopic (exact) mass is 474 g/mol. The van der Waals surface area contributed by atoms with Crippen LogP contribution in [0.25, 0.3) is 0 Å². The van der Waals surface area contributed by atoms with Crippen molar-refractivity contribution in [1.82, 2.24) is 0 Å². The summed E-state index contributed by atoms with van der Waals surface area (Å²) < 4.78 is 12.3. The van der Waals surface area contributed by atoms with Crippen molar-refractivity contribution in [2.24, 2.45) is 0 Å². The van der Waals surface area contributed by atoms with Gasteiger partial charge >= 0.3 is 11.9 Å². The van der Waals surface area contributed by atoms with Crippen LogP contribution in [0.1, 0.15) is 20.7 Å². The Balaban J connectivity index is 1.72. The van der Waals surface area contributed by atoms with Gasteiger partial charge in [-0.15, -0.1) is 0 Å². The van der Waals surface area contributed by atoms with Gasteiger partial charge in [0.1, 0.15) is 11.5 Å². The fourth-order valence-electron chi connectivity index (χ4n) is 2.16. The average Bonchev–Trinajstić information content (AvgIpc) is 2.62. The first kappa shape index (κ1) is 18.4. The predicted molar refractivity (Wildman–Crippen MR) is 105 cm³/mol. The summed E-state index contributed by atoms with van der Waals surface area (Å²) in [5.74, 6) is -0.424. The number of hydrogen-bond acceptors (Lipinski definition) is 4. The van der Waals surface area contributed by atoms with Crippen molar-refractivity contribution >= 4 is 43.8 Å². The molecule has 0 amide bonds. The first-order chi connectivity index (χ1) is 12.5. The Morgan fingerprint density at radius 2 is 1.04 bits per heavy atom. The van der Waals surface area contributed by atoms with E-state index < -0.39 is 11.9 Å². The lowest BCUT2D eigenvalue weighted by molar-refractivity contribution is 0.0733. The van der Waals surface area contributed by atoms with Crippen LogP contribution in [0, 0.1) is 0 Å². The number of hydrogen-bond donors (Lipinski definition) is 0. The summed E-state index contributed by atoms with van der Waals surface area (Å²) in [4.78, 5) is 24.4. The van der Waals surface area contributed by atoms with E-state index in [0.717, 1.165) is 8.95 Å². The minimum absolute atomic E-state index is 0.287. The SMILES string of the molecule is O=C(Oc1cccc(OC(=O)c2cccc(Br)c2)c1)c1cccc(Br)c1. The highest BCUT2D eigenvalue weighted by Crippen LogP contribution is 2.22. The van der Waals surface area contributed by atoms with Crippen LogP contribution in [-0.4, -0.2) is 11.9 Å². The van der Waals surface area contributed by atoms with Gasteiger partial charge in [0.2, 0.25) is 0 Å². The number of carbonyl (C=O) groups excluding carboxylic acids is 2. The zero-order valence-electron chi connectivity index (χ0n) is 13.3. The van der Waals surface area contributed by atoms with Gasteiger partial charge in [-0.05, 0) is 48.5 Å². The summed E-state index contributed by atoms with van der Waals surface area (Å²) in [6.07, 6.45) is 0. The van der Waals surface area contributed by atoms with Gasteiger partial charge in [0, 0.05) is 15.0 Å². The lowest BCUT2D eigenvalue weighted by atomic mass is 10.2. The maximum Gasteiger partial charge on any atom is 0.343 e.